The van der Waals surface area contributed by atoms with Crippen molar-refractivity contribution in [3.63, 3.8) is 0 Å². The number of benzene rings is 1. The van der Waals surface area contributed by atoms with E-state index < -0.39 is 0 Å². The first kappa shape index (κ1) is 7.82. The van der Waals surface area contributed by atoms with E-state index in [9.17, 15) is 0 Å². The Morgan fingerprint density at radius 3 is 2.38 bits per heavy atom. The van der Waals surface area contributed by atoms with E-state index in [4.69, 9.17) is 0 Å². The van der Waals surface area contributed by atoms with Crippen LogP contribution < -0.4 is 18.9 Å². The molecule has 1 rings (SSSR count). The average molecular weight is 98.1 g/mol. The van der Waals surface area contributed by atoms with E-state index in [0.717, 1.165) is 0 Å². The van der Waals surface area contributed by atoms with Crippen LogP contribution in [0.25, 0.3) is 0 Å². The van der Waals surface area contributed by atoms with Crippen LogP contribution in [-0.4, -0.2) is 0 Å². The summed E-state index contributed by atoms with van der Waals surface area (Å²) in [5.74, 6) is 0. The molecule has 1 aromatic rings. The molecule has 0 aliphatic heterocycles. The minimum absolute atomic E-state index is 0. The number of aryl methyl sites for hydroxylation is 1. The SMILES string of the molecule is Cc1[c-]cccc1.[Li+]. The molecule has 0 saturated carbocycles. The van der Waals surface area contributed by atoms with Crippen LogP contribution in [0.1, 0.15) is 5.56 Å². The average Bonchev–Trinajstić information content (AvgIpc) is 1.69. The van der Waals surface area contributed by atoms with Gasteiger partial charge in [0, 0.05) is 0 Å². The van der Waals surface area contributed by atoms with Crippen molar-refractivity contribution in [2.24, 2.45) is 0 Å². The molecule has 0 heterocycles. The second kappa shape index (κ2) is 3.78. The first-order valence-corrected chi connectivity index (χ1v) is 2.33. The third-order valence-corrected chi connectivity index (χ3v) is 0.865. The second-order valence-corrected chi connectivity index (χ2v) is 1.55. The molecule has 0 aliphatic rings. The van der Waals surface area contributed by atoms with E-state index in [1.807, 2.05) is 31.2 Å². The molecular formula is C7H7Li. The zero-order valence-corrected chi connectivity index (χ0v) is 5.31. The Bertz CT molecular complexity index is 134. The summed E-state index contributed by atoms with van der Waals surface area (Å²) in [6.07, 6.45) is 0. The number of rotatable bonds is 0. The van der Waals surface area contributed by atoms with Gasteiger partial charge >= 0.3 is 18.9 Å². The molecule has 0 N–H and O–H groups in total. The third-order valence-electron chi connectivity index (χ3n) is 0.865. The third kappa shape index (κ3) is 2.21. The molecule has 0 bridgehead atoms. The maximum atomic E-state index is 3.03. The van der Waals surface area contributed by atoms with Crippen LogP contribution in [0.4, 0.5) is 0 Å². The molecule has 0 nitrogen and oxygen atoms in total. The van der Waals surface area contributed by atoms with Crippen molar-refractivity contribution in [2.75, 3.05) is 0 Å². The molecule has 1 heteroatoms. The molecule has 0 saturated heterocycles. The van der Waals surface area contributed by atoms with E-state index >= 15 is 0 Å². The monoisotopic (exact) mass is 98.1 g/mol. The van der Waals surface area contributed by atoms with Gasteiger partial charge in [0.2, 0.25) is 0 Å². The van der Waals surface area contributed by atoms with E-state index in [-0.39, 0.29) is 18.9 Å². The minimum atomic E-state index is 0. The summed E-state index contributed by atoms with van der Waals surface area (Å²) in [6, 6.07) is 10.9. The second-order valence-electron chi connectivity index (χ2n) is 1.55. The normalized spacial score (nSPS) is 7.62. The van der Waals surface area contributed by atoms with Crippen molar-refractivity contribution in [3.8, 4) is 0 Å². The topological polar surface area (TPSA) is 0 Å². The predicted molar refractivity (Wildman–Crippen MR) is 30.0 cm³/mol. The van der Waals surface area contributed by atoms with Crippen molar-refractivity contribution in [2.45, 2.75) is 6.92 Å². The molecular weight excluding hydrogens is 91.0 g/mol. The molecule has 0 amide bonds. The fraction of sp³-hybridized carbons (Fsp3) is 0.143. The Balaban J connectivity index is 0.000000490. The Kier molecular flexibility index (Phi) is 3.69. The number of hydrogen-bond donors (Lipinski definition) is 0. The van der Waals surface area contributed by atoms with Gasteiger partial charge in [-0.25, -0.2) is 0 Å². The van der Waals surface area contributed by atoms with Gasteiger partial charge in [0.15, 0.2) is 0 Å². The zero-order chi connectivity index (χ0) is 5.11. The Morgan fingerprint density at radius 1 is 1.38 bits per heavy atom. The summed E-state index contributed by atoms with van der Waals surface area (Å²) in [5.41, 5.74) is 1.20. The smallest absolute Gasteiger partial charge is 0.181 e. The van der Waals surface area contributed by atoms with Crippen LogP contribution in [-0.2, 0) is 0 Å². The Hall–Kier alpha value is -0.183. The van der Waals surface area contributed by atoms with Crippen LogP contribution >= 0.6 is 0 Å². The van der Waals surface area contributed by atoms with Crippen molar-refractivity contribution in [3.05, 3.63) is 35.9 Å². The van der Waals surface area contributed by atoms with Crippen LogP contribution in [0.2, 0.25) is 0 Å². The van der Waals surface area contributed by atoms with Crippen LogP contribution in [0.5, 0.6) is 0 Å². The van der Waals surface area contributed by atoms with Crippen molar-refractivity contribution in [1.29, 1.82) is 0 Å². The van der Waals surface area contributed by atoms with Crippen LogP contribution in [0.3, 0.4) is 0 Å². The molecule has 0 aromatic heterocycles. The summed E-state index contributed by atoms with van der Waals surface area (Å²) in [5, 5.41) is 0. The largest absolute Gasteiger partial charge is 1.00 e. The predicted octanol–water partition coefficient (Wildman–Crippen LogP) is -1.20. The zero-order valence-electron chi connectivity index (χ0n) is 5.31. The van der Waals surface area contributed by atoms with Gasteiger partial charge in [-0.1, -0.05) is 6.92 Å². The maximum absolute atomic E-state index is 3.03. The van der Waals surface area contributed by atoms with Crippen molar-refractivity contribution >= 4 is 0 Å². The molecule has 0 radical (unpaired) electrons. The Labute approximate surface area is 62.1 Å². The van der Waals surface area contributed by atoms with Gasteiger partial charge in [-0.15, -0.1) is 0 Å². The summed E-state index contributed by atoms with van der Waals surface area (Å²) in [6.45, 7) is 2.03. The van der Waals surface area contributed by atoms with Gasteiger partial charge in [-0.2, -0.15) is 35.9 Å². The fourth-order valence-corrected chi connectivity index (χ4v) is 0.483. The molecule has 36 valence electrons. The van der Waals surface area contributed by atoms with E-state index in [1.165, 1.54) is 5.56 Å². The van der Waals surface area contributed by atoms with Gasteiger partial charge in [0.25, 0.3) is 0 Å². The fourth-order valence-electron chi connectivity index (χ4n) is 0.483. The minimum Gasteiger partial charge on any atom is -0.181 e. The van der Waals surface area contributed by atoms with E-state index in [1.54, 1.807) is 0 Å². The van der Waals surface area contributed by atoms with Crippen molar-refractivity contribution < 1.29 is 18.9 Å². The van der Waals surface area contributed by atoms with Gasteiger partial charge in [-0.05, 0) is 0 Å². The number of hydrogen-bond acceptors (Lipinski definition) is 0. The van der Waals surface area contributed by atoms with Gasteiger partial charge in [0.1, 0.15) is 0 Å². The maximum Gasteiger partial charge on any atom is 1.00 e. The molecule has 8 heavy (non-hydrogen) atoms. The van der Waals surface area contributed by atoms with Gasteiger partial charge < -0.3 is 0 Å². The van der Waals surface area contributed by atoms with E-state index in [0.29, 0.717) is 0 Å². The summed E-state index contributed by atoms with van der Waals surface area (Å²) in [7, 11) is 0. The summed E-state index contributed by atoms with van der Waals surface area (Å²) >= 11 is 0. The van der Waals surface area contributed by atoms with Gasteiger partial charge in [-0.3, -0.25) is 0 Å². The standard InChI is InChI=1S/C7H7.Li/c1-7-5-3-2-4-6-7;/h2-5H,1H3;/q-1;+1. The van der Waals surface area contributed by atoms with Crippen LogP contribution in [0, 0.1) is 13.0 Å². The molecule has 0 atom stereocenters. The Morgan fingerprint density at radius 2 is 2.12 bits per heavy atom. The summed E-state index contributed by atoms with van der Waals surface area (Å²) in [4.78, 5) is 0. The first-order chi connectivity index (χ1) is 3.39. The molecule has 0 fully saturated rings. The van der Waals surface area contributed by atoms with E-state index in [2.05, 4.69) is 6.07 Å². The molecule has 1 aromatic carbocycles. The quantitative estimate of drug-likeness (QED) is 0.282. The summed E-state index contributed by atoms with van der Waals surface area (Å²) < 4.78 is 0. The van der Waals surface area contributed by atoms with Gasteiger partial charge in [0.05, 0.1) is 0 Å². The van der Waals surface area contributed by atoms with Crippen LogP contribution in [0.15, 0.2) is 24.3 Å². The first-order valence-electron chi connectivity index (χ1n) is 2.33. The van der Waals surface area contributed by atoms with Crippen molar-refractivity contribution in [1.82, 2.24) is 0 Å². The molecule has 0 spiro atoms. The molecule has 0 unspecified atom stereocenters. The molecule has 0 aliphatic carbocycles.